The largest absolute Gasteiger partial charge is 0.406 e. The summed E-state index contributed by atoms with van der Waals surface area (Å²) in [5, 5.41) is 0.158. The van der Waals surface area contributed by atoms with Crippen molar-refractivity contribution in [2.75, 3.05) is 0 Å². The van der Waals surface area contributed by atoms with Crippen molar-refractivity contribution >= 4 is 26.8 Å². The van der Waals surface area contributed by atoms with E-state index in [-0.39, 0.29) is 5.39 Å². The molecule has 0 atom stereocenters. The maximum absolute atomic E-state index is 12.2. The molecule has 17 heavy (non-hydrogen) atoms. The highest BCUT2D eigenvalue weighted by Gasteiger charge is 2.28. The van der Waals surface area contributed by atoms with Crippen LogP contribution in [0, 0.1) is 0 Å². The van der Waals surface area contributed by atoms with E-state index in [1.807, 2.05) is 0 Å². The van der Waals surface area contributed by atoms with E-state index in [1.54, 1.807) is 12.1 Å². The van der Waals surface area contributed by atoms with E-state index < -0.39 is 18.3 Å². The second kappa shape index (κ2) is 4.14. The van der Waals surface area contributed by atoms with E-state index in [0.29, 0.717) is 14.6 Å². The van der Waals surface area contributed by atoms with E-state index >= 15 is 0 Å². The number of hydrogen-bond donors (Lipinski definition) is 0. The maximum atomic E-state index is 12.2. The van der Waals surface area contributed by atoms with Crippen LogP contribution in [0.5, 0.6) is 0 Å². The van der Waals surface area contributed by atoms with Gasteiger partial charge in [-0.1, -0.05) is 6.07 Å². The molecule has 2 aromatic rings. The van der Waals surface area contributed by atoms with Crippen molar-refractivity contribution in [3.63, 3.8) is 0 Å². The van der Waals surface area contributed by atoms with E-state index in [2.05, 4.69) is 20.9 Å². The Hall–Kier alpha value is -1.37. The van der Waals surface area contributed by atoms with Gasteiger partial charge in [-0.2, -0.15) is 13.2 Å². The van der Waals surface area contributed by atoms with Gasteiger partial charge in [0.25, 0.3) is 5.56 Å². The Kier molecular flexibility index (Phi) is 2.94. The molecule has 0 aliphatic carbocycles. The zero-order valence-electron chi connectivity index (χ0n) is 8.33. The van der Waals surface area contributed by atoms with Crippen LogP contribution in [0.25, 0.3) is 10.9 Å². The number of alkyl halides is 3. The van der Waals surface area contributed by atoms with Crippen molar-refractivity contribution in [3.8, 4) is 0 Å². The summed E-state index contributed by atoms with van der Waals surface area (Å²) in [4.78, 5) is 15.6. The highest BCUT2D eigenvalue weighted by molar-refractivity contribution is 9.10. The van der Waals surface area contributed by atoms with Crippen LogP contribution in [0.2, 0.25) is 0 Å². The van der Waals surface area contributed by atoms with Crippen LogP contribution in [-0.2, 0) is 6.54 Å². The Morgan fingerprint density at radius 2 is 2.06 bits per heavy atom. The van der Waals surface area contributed by atoms with Gasteiger partial charge in [0.05, 0.1) is 17.2 Å². The quantitative estimate of drug-likeness (QED) is 0.812. The van der Waals surface area contributed by atoms with Gasteiger partial charge in [-0.15, -0.1) is 0 Å². The molecular formula is C10H6BrF3N2O. The molecule has 0 N–H and O–H groups in total. The van der Waals surface area contributed by atoms with E-state index in [4.69, 9.17) is 0 Å². The first-order chi connectivity index (χ1) is 7.88. The average Bonchev–Trinajstić information content (AvgIpc) is 2.21. The van der Waals surface area contributed by atoms with Crippen LogP contribution in [0.3, 0.4) is 0 Å². The summed E-state index contributed by atoms with van der Waals surface area (Å²) in [5.74, 6) is 0. The topological polar surface area (TPSA) is 34.9 Å². The summed E-state index contributed by atoms with van der Waals surface area (Å²) in [6.45, 7) is -1.33. The summed E-state index contributed by atoms with van der Waals surface area (Å²) in [5.41, 5.74) is -0.343. The molecule has 0 aliphatic rings. The Labute approximate surface area is 102 Å². The number of fused-ring (bicyclic) bond motifs is 1. The number of nitrogens with zero attached hydrogens (tertiary/aromatic N) is 2. The molecule has 0 radical (unpaired) electrons. The molecule has 1 aromatic heterocycles. The summed E-state index contributed by atoms with van der Waals surface area (Å²) in [6.07, 6.45) is -3.53. The minimum absolute atomic E-state index is 0.158. The Bertz CT molecular complexity index is 621. The molecule has 0 unspecified atom stereocenters. The van der Waals surface area contributed by atoms with Crippen LogP contribution >= 0.6 is 15.9 Å². The van der Waals surface area contributed by atoms with Crippen LogP contribution in [0.15, 0.2) is 33.8 Å². The van der Waals surface area contributed by atoms with Gasteiger partial charge in [0, 0.05) is 4.47 Å². The minimum atomic E-state index is -4.44. The molecule has 0 aliphatic heterocycles. The Morgan fingerprint density at radius 3 is 2.71 bits per heavy atom. The Morgan fingerprint density at radius 1 is 1.35 bits per heavy atom. The predicted octanol–water partition coefficient (Wildman–Crippen LogP) is 2.72. The van der Waals surface area contributed by atoms with Crippen molar-refractivity contribution in [1.82, 2.24) is 9.55 Å². The van der Waals surface area contributed by atoms with Gasteiger partial charge in [-0.25, -0.2) is 4.98 Å². The van der Waals surface area contributed by atoms with Gasteiger partial charge >= 0.3 is 6.18 Å². The lowest BCUT2D eigenvalue weighted by Crippen LogP contribution is -2.28. The lowest BCUT2D eigenvalue weighted by atomic mass is 10.2. The molecule has 1 heterocycles. The van der Waals surface area contributed by atoms with Gasteiger partial charge in [-0.3, -0.25) is 9.36 Å². The van der Waals surface area contributed by atoms with Gasteiger partial charge in [0.15, 0.2) is 0 Å². The number of aromatic nitrogens is 2. The number of hydrogen-bond acceptors (Lipinski definition) is 2. The second-order valence-corrected chi connectivity index (χ2v) is 4.28. The van der Waals surface area contributed by atoms with Crippen LogP contribution in [0.1, 0.15) is 0 Å². The van der Waals surface area contributed by atoms with Gasteiger partial charge in [0.2, 0.25) is 0 Å². The summed E-state index contributed by atoms with van der Waals surface area (Å²) in [6, 6.07) is 4.69. The number of rotatable bonds is 1. The Balaban J connectivity index is 2.63. The zero-order chi connectivity index (χ0) is 12.6. The molecule has 0 fully saturated rings. The average molecular weight is 307 g/mol. The van der Waals surface area contributed by atoms with Crippen molar-refractivity contribution in [2.45, 2.75) is 12.7 Å². The number of halogens is 4. The third-order valence-electron chi connectivity index (χ3n) is 2.15. The van der Waals surface area contributed by atoms with Crippen molar-refractivity contribution in [3.05, 3.63) is 39.4 Å². The molecule has 0 bridgehead atoms. The van der Waals surface area contributed by atoms with Gasteiger partial charge in [0.1, 0.15) is 6.54 Å². The molecule has 1 aromatic carbocycles. The smallest absolute Gasteiger partial charge is 0.290 e. The number of benzene rings is 1. The third kappa shape index (κ3) is 2.49. The molecule has 7 heteroatoms. The lowest BCUT2D eigenvalue weighted by Gasteiger charge is -2.09. The lowest BCUT2D eigenvalue weighted by molar-refractivity contribution is -0.141. The molecule has 0 amide bonds. The molecule has 0 saturated heterocycles. The van der Waals surface area contributed by atoms with Crippen LogP contribution < -0.4 is 5.56 Å². The molecule has 2 rings (SSSR count). The van der Waals surface area contributed by atoms with Gasteiger partial charge in [-0.05, 0) is 28.1 Å². The van der Waals surface area contributed by atoms with Gasteiger partial charge < -0.3 is 0 Å². The van der Waals surface area contributed by atoms with E-state index in [9.17, 15) is 18.0 Å². The normalized spacial score (nSPS) is 12.0. The first-order valence-corrected chi connectivity index (χ1v) is 5.38. The first kappa shape index (κ1) is 12.1. The molecule has 0 spiro atoms. The van der Waals surface area contributed by atoms with Crippen LogP contribution in [-0.4, -0.2) is 15.7 Å². The van der Waals surface area contributed by atoms with E-state index in [1.165, 1.54) is 6.07 Å². The summed E-state index contributed by atoms with van der Waals surface area (Å²) < 4.78 is 37.7. The maximum Gasteiger partial charge on any atom is 0.406 e. The third-order valence-corrected chi connectivity index (χ3v) is 2.79. The fourth-order valence-corrected chi connectivity index (χ4v) is 1.93. The zero-order valence-corrected chi connectivity index (χ0v) is 9.92. The highest BCUT2D eigenvalue weighted by atomic mass is 79.9. The highest BCUT2D eigenvalue weighted by Crippen LogP contribution is 2.20. The standard InChI is InChI=1S/C10H6BrF3N2O/c11-7-3-1-2-6-8(7)15-5-16(9(6)17)4-10(12,13)14/h1-3,5H,4H2. The van der Waals surface area contributed by atoms with E-state index in [0.717, 1.165) is 6.33 Å². The molecule has 0 saturated carbocycles. The second-order valence-electron chi connectivity index (χ2n) is 3.43. The van der Waals surface area contributed by atoms with Crippen molar-refractivity contribution in [1.29, 1.82) is 0 Å². The number of para-hydroxylation sites is 1. The first-order valence-electron chi connectivity index (χ1n) is 4.59. The molecular weight excluding hydrogens is 301 g/mol. The SMILES string of the molecule is O=c1c2cccc(Br)c2ncn1CC(F)(F)F. The van der Waals surface area contributed by atoms with Crippen molar-refractivity contribution in [2.24, 2.45) is 0 Å². The monoisotopic (exact) mass is 306 g/mol. The fraction of sp³-hybridized carbons (Fsp3) is 0.200. The fourth-order valence-electron chi connectivity index (χ4n) is 1.46. The molecule has 90 valence electrons. The minimum Gasteiger partial charge on any atom is -0.290 e. The summed E-state index contributed by atoms with van der Waals surface area (Å²) in [7, 11) is 0. The predicted molar refractivity (Wildman–Crippen MR) is 59.8 cm³/mol. The van der Waals surface area contributed by atoms with Crippen LogP contribution in [0.4, 0.5) is 13.2 Å². The van der Waals surface area contributed by atoms with Crippen molar-refractivity contribution < 1.29 is 13.2 Å². The summed E-state index contributed by atoms with van der Waals surface area (Å²) >= 11 is 3.18. The molecule has 3 nitrogen and oxygen atoms in total.